The summed E-state index contributed by atoms with van der Waals surface area (Å²) in [6.07, 6.45) is 1.52. The van der Waals surface area contributed by atoms with Crippen LogP contribution in [-0.2, 0) is 6.54 Å². The molecule has 0 spiro atoms. The molecule has 0 bridgehead atoms. The number of benzene rings is 2. The van der Waals surface area contributed by atoms with E-state index in [0.717, 1.165) is 13.0 Å². The lowest BCUT2D eigenvalue weighted by molar-refractivity contribution is 0.0171. The highest BCUT2D eigenvalue weighted by atomic mass is 19.1. The Kier molecular flexibility index (Phi) is 4.07. The molecule has 21 heavy (non-hydrogen) atoms. The molecule has 2 atom stereocenters. The third-order valence-electron chi connectivity index (χ3n) is 4.33. The maximum absolute atomic E-state index is 14.5. The van der Waals surface area contributed by atoms with Crippen LogP contribution in [0.25, 0.3) is 0 Å². The predicted molar refractivity (Wildman–Crippen MR) is 84.8 cm³/mol. The van der Waals surface area contributed by atoms with Gasteiger partial charge in [-0.2, -0.15) is 0 Å². The second kappa shape index (κ2) is 5.98. The Morgan fingerprint density at radius 2 is 1.67 bits per heavy atom. The van der Waals surface area contributed by atoms with Gasteiger partial charge < -0.3 is 0 Å². The molecule has 0 N–H and O–H groups in total. The molecule has 0 saturated carbocycles. The monoisotopic (exact) mass is 283 g/mol. The zero-order valence-corrected chi connectivity index (χ0v) is 12.5. The van der Waals surface area contributed by atoms with E-state index < -0.39 is 5.67 Å². The topological polar surface area (TPSA) is 3.24 Å². The van der Waals surface area contributed by atoms with Crippen LogP contribution in [0, 0.1) is 0 Å². The zero-order valence-electron chi connectivity index (χ0n) is 12.5. The van der Waals surface area contributed by atoms with Crippen LogP contribution in [0.5, 0.6) is 0 Å². The molecule has 1 saturated heterocycles. The zero-order chi connectivity index (χ0) is 14.7. The van der Waals surface area contributed by atoms with E-state index in [0.29, 0.717) is 19.0 Å². The molecule has 0 aliphatic carbocycles. The number of likely N-dealkylation sites (tertiary alicyclic amines) is 1. The van der Waals surface area contributed by atoms with Gasteiger partial charge in [0.1, 0.15) is 5.67 Å². The molecule has 0 aromatic heterocycles. The molecule has 1 fully saturated rings. The maximum Gasteiger partial charge on any atom is 0.121 e. The van der Waals surface area contributed by atoms with Crippen molar-refractivity contribution >= 4 is 0 Å². The smallest absolute Gasteiger partial charge is 0.121 e. The van der Waals surface area contributed by atoms with Gasteiger partial charge in [-0.05, 0) is 30.9 Å². The Labute approximate surface area is 126 Å². The number of rotatable bonds is 3. The quantitative estimate of drug-likeness (QED) is 0.785. The van der Waals surface area contributed by atoms with Crippen molar-refractivity contribution in [2.45, 2.75) is 38.0 Å². The molecule has 2 heteroatoms. The highest BCUT2D eigenvalue weighted by molar-refractivity contribution is 5.21. The molecular formula is C19H22FN. The van der Waals surface area contributed by atoms with Gasteiger partial charge >= 0.3 is 0 Å². The molecule has 1 heterocycles. The lowest BCUT2D eigenvalue weighted by Gasteiger charge is -2.42. The molecule has 2 unspecified atom stereocenters. The number of hydrogen-bond donors (Lipinski definition) is 0. The summed E-state index contributed by atoms with van der Waals surface area (Å²) in [6.45, 7) is 3.04. The maximum atomic E-state index is 14.5. The predicted octanol–water partition coefficient (Wildman–Crippen LogP) is 4.75. The normalized spacial score (nSPS) is 26.7. The van der Waals surface area contributed by atoms with Gasteiger partial charge in [-0.25, -0.2) is 4.39 Å². The molecule has 3 rings (SSSR count). The third-order valence-corrected chi connectivity index (χ3v) is 4.33. The van der Waals surface area contributed by atoms with Crippen LogP contribution in [-0.4, -0.2) is 17.1 Å². The van der Waals surface area contributed by atoms with Crippen molar-refractivity contribution in [3.63, 3.8) is 0 Å². The van der Waals surface area contributed by atoms with E-state index in [2.05, 4.69) is 41.3 Å². The lowest BCUT2D eigenvalue weighted by Crippen LogP contribution is -2.44. The van der Waals surface area contributed by atoms with Crippen LogP contribution in [0.15, 0.2) is 60.7 Å². The molecule has 1 aliphatic rings. The van der Waals surface area contributed by atoms with E-state index in [1.165, 1.54) is 11.1 Å². The summed E-state index contributed by atoms with van der Waals surface area (Å²) < 4.78 is 14.5. The Bertz CT molecular complexity index is 565. The molecule has 110 valence electrons. The first kappa shape index (κ1) is 14.3. The van der Waals surface area contributed by atoms with Crippen LogP contribution in [0.4, 0.5) is 4.39 Å². The lowest BCUT2D eigenvalue weighted by atomic mass is 9.87. The Balaban J connectivity index is 1.84. The van der Waals surface area contributed by atoms with Crippen molar-refractivity contribution in [3.8, 4) is 0 Å². The van der Waals surface area contributed by atoms with E-state index in [4.69, 9.17) is 0 Å². The second-order valence-corrected chi connectivity index (χ2v) is 6.27. The van der Waals surface area contributed by atoms with Gasteiger partial charge in [-0.15, -0.1) is 0 Å². The number of hydrogen-bond acceptors (Lipinski definition) is 1. The Morgan fingerprint density at radius 1 is 1.05 bits per heavy atom. The molecule has 0 radical (unpaired) electrons. The van der Waals surface area contributed by atoms with Crippen LogP contribution in [0.2, 0.25) is 0 Å². The Morgan fingerprint density at radius 3 is 2.33 bits per heavy atom. The fourth-order valence-electron chi connectivity index (χ4n) is 3.27. The van der Waals surface area contributed by atoms with Gasteiger partial charge in [0, 0.05) is 19.1 Å². The number of halogens is 1. The minimum Gasteiger partial charge on any atom is -0.289 e. The van der Waals surface area contributed by atoms with Crippen LogP contribution in [0.3, 0.4) is 0 Å². The average Bonchev–Trinajstić information content (AvgIpc) is 2.48. The van der Waals surface area contributed by atoms with Gasteiger partial charge in [0.05, 0.1) is 0 Å². The van der Waals surface area contributed by atoms with E-state index >= 15 is 0 Å². The summed E-state index contributed by atoms with van der Waals surface area (Å²) in [5.74, 6) is 0. The first-order valence-corrected chi connectivity index (χ1v) is 7.66. The number of nitrogens with zero attached hydrogens (tertiary/aromatic N) is 1. The van der Waals surface area contributed by atoms with Crippen molar-refractivity contribution < 1.29 is 4.39 Å². The first-order chi connectivity index (χ1) is 10.1. The number of alkyl halides is 1. The summed E-state index contributed by atoms with van der Waals surface area (Å²) in [5.41, 5.74) is 1.46. The summed E-state index contributed by atoms with van der Waals surface area (Å²) in [4.78, 5) is 2.29. The summed E-state index contributed by atoms with van der Waals surface area (Å²) in [7, 11) is 0. The van der Waals surface area contributed by atoms with E-state index in [1.807, 2.05) is 24.3 Å². The highest BCUT2D eigenvalue weighted by Gasteiger charge is 2.36. The third kappa shape index (κ3) is 3.51. The minimum atomic E-state index is -1.08. The Hall–Kier alpha value is -1.67. The minimum absolute atomic E-state index is 0.315. The summed E-state index contributed by atoms with van der Waals surface area (Å²) in [6, 6.07) is 21.2. The molecule has 1 aliphatic heterocycles. The van der Waals surface area contributed by atoms with Crippen LogP contribution < -0.4 is 0 Å². The first-order valence-electron chi connectivity index (χ1n) is 7.66. The SMILES string of the molecule is CC1(F)CCC(c2ccccc2)N(Cc2ccccc2)C1. The standard InChI is InChI=1S/C19H22FN/c1-19(20)13-12-18(17-10-6-3-7-11-17)21(15-19)14-16-8-4-2-5-9-16/h2-11,18H,12-15H2,1H3. The van der Waals surface area contributed by atoms with Gasteiger partial charge in [0.2, 0.25) is 0 Å². The van der Waals surface area contributed by atoms with Crippen molar-refractivity contribution in [1.82, 2.24) is 4.90 Å². The van der Waals surface area contributed by atoms with Crippen LogP contribution in [0.1, 0.15) is 36.9 Å². The molecule has 0 amide bonds. The van der Waals surface area contributed by atoms with Gasteiger partial charge in [0.25, 0.3) is 0 Å². The molecule has 2 aromatic carbocycles. The van der Waals surface area contributed by atoms with Crippen molar-refractivity contribution in [3.05, 3.63) is 71.8 Å². The summed E-state index contributed by atoms with van der Waals surface area (Å²) >= 11 is 0. The molecular weight excluding hydrogens is 261 g/mol. The van der Waals surface area contributed by atoms with Crippen molar-refractivity contribution in [2.75, 3.05) is 6.54 Å². The van der Waals surface area contributed by atoms with E-state index in [9.17, 15) is 4.39 Å². The summed E-state index contributed by atoms with van der Waals surface area (Å²) in [5, 5.41) is 0. The van der Waals surface area contributed by atoms with Crippen molar-refractivity contribution in [2.24, 2.45) is 0 Å². The fourth-order valence-corrected chi connectivity index (χ4v) is 3.27. The molecule has 2 aromatic rings. The largest absolute Gasteiger partial charge is 0.289 e. The van der Waals surface area contributed by atoms with E-state index in [1.54, 1.807) is 6.92 Å². The fraction of sp³-hybridized carbons (Fsp3) is 0.368. The average molecular weight is 283 g/mol. The van der Waals surface area contributed by atoms with Crippen molar-refractivity contribution in [1.29, 1.82) is 0 Å². The highest BCUT2D eigenvalue weighted by Crippen LogP contribution is 2.37. The van der Waals surface area contributed by atoms with E-state index in [-0.39, 0.29) is 0 Å². The number of piperidine rings is 1. The van der Waals surface area contributed by atoms with Crippen LogP contribution >= 0.6 is 0 Å². The second-order valence-electron chi connectivity index (χ2n) is 6.27. The molecule has 1 nitrogen and oxygen atoms in total. The van der Waals surface area contributed by atoms with Gasteiger partial charge in [-0.3, -0.25) is 4.90 Å². The van der Waals surface area contributed by atoms with Gasteiger partial charge in [-0.1, -0.05) is 60.7 Å². The van der Waals surface area contributed by atoms with Gasteiger partial charge in [0.15, 0.2) is 0 Å².